The SMILES string of the molecule is CCCn1cc(-c2cnc3c(Nc4snc(C5CC(CC)C5)c4Br)nccn23)cn1. The van der Waals surface area contributed by atoms with Crippen molar-refractivity contribution in [2.24, 2.45) is 5.92 Å². The van der Waals surface area contributed by atoms with E-state index in [1.54, 1.807) is 6.20 Å². The second kappa shape index (κ2) is 8.11. The van der Waals surface area contributed by atoms with Crippen LogP contribution < -0.4 is 5.32 Å². The summed E-state index contributed by atoms with van der Waals surface area (Å²) in [5.74, 6) is 2.14. The average Bonchev–Trinajstić information content (AvgIpc) is 3.42. The highest BCUT2D eigenvalue weighted by Gasteiger charge is 2.33. The van der Waals surface area contributed by atoms with Crippen LogP contribution >= 0.6 is 27.5 Å². The largest absolute Gasteiger partial charge is 0.327 e. The van der Waals surface area contributed by atoms with Crippen LogP contribution in [0, 0.1) is 5.92 Å². The molecule has 0 radical (unpaired) electrons. The van der Waals surface area contributed by atoms with Crippen LogP contribution in [0.2, 0.25) is 0 Å². The van der Waals surface area contributed by atoms with Crippen molar-refractivity contribution >= 4 is 43.9 Å². The van der Waals surface area contributed by atoms with Crippen molar-refractivity contribution in [3.8, 4) is 11.3 Å². The van der Waals surface area contributed by atoms with Crippen molar-refractivity contribution in [2.75, 3.05) is 5.32 Å². The van der Waals surface area contributed by atoms with E-state index in [-0.39, 0.29) is 0 Å². The summed E-state index contributed by atoms with van der Waals surface area (Å²) in [6.45, 7) is 5.33. The average molecular weight is 486 g/mol. The third kappa shape index (κ3) is 3.43. The molecule has 0 amide bonds. The maximum absolute atomic E-state index is 4.72. The van der Waals surface area contributed by atoms with Gasteiger partial charge in [-0.1, -0.05) is 20.3 Å². The number of aromatic nitrogens is 6. The van der Waals surface area contributed by atoms with E-state index in [0.29, 0.717) is 5.92 Å². The predicted octanol–water partition coefficient (Wildman–Crippen LogP) is 5.87. The summed E-state index contributed by atoms with van der Waals surface area (Å²) in [5, 5.41) is 8.87. The van der Waals surface area contributed by atoms with Crippen LogP contribution in [0.15, 0.2) is 35.5 Å². The summed E-state index contributed by atoms with van der Waals surface area (Å²) in [6, 6.07) is 0. The molecule has 0 aliphatic heterocycles. The minimum atomic E-state index is 0.567. The molecule has 9 heteroatoms. The molecule has 0 bridgehead atoms. The zero-order valence-corrected chi connectivity index (χ0v) is 19.4. The maximum Gasteiger partial charge on any atom is 0.180 e. The molecule has 0 atom stereocenters. The van der Waals surface area contributed by atoms with Crippen molar-refractivity contribution < 1.29 is 0 Å². The molecule has 0 saturated heterocycles. The highest BCUT2D eigenvalue weighted by Crippen LogP contribution is 2.47. The number of rotatable bonds is 7. The van der Waals surface area contributed by atoms with Gasteiger partial charge in [-0.15, -0.1) is 0 Å². The van der Waals surface area contributed by atoms with Crippen molar-refractivity contribution in [2.45, 2.75) is 52.0 Å². The maximum atomic E-state index is 4.72. The Bertz CT molecular complexity index is 1170. The van der Waals surface area contributed by atoms with Gasteiger partial charge in [0.25, 0.3) is 0 Å². The van der Waals surface area contributed by atoms with Crippen molar-refractivity contribution in [1.82, 2.24) is 28.5 Å². The third-order valence-electron chi connectivity index (χ3n) is 5.90. The van der Waals surface area contributed by atoms with Gasteiger partial charge < -0.3 is 5.32 Å². The molecule has 4 aromatic heterocycles. The lowest BCUT2D eigenvalue weighted by atomic mass is 9.72. The Morgan fingerprint density at radius 3 is 2.90 bits per heavy atom. The standard InChI is InChI=1S/C21H24BrN7S/c1-3-6-28-12-15(10-25-28)16-11-24-20-19(23-5-7-29(16)20)26-21-17(22)18(27-30-21)14-8-13(4-2)9-14/h5,7,10-14H,3-4,6,8-9H2,1-2H3,(H,23,26). The molecular weight excluding hydrogens is 462 g/mol. The molecule has 1 saturated carbocycles. The van der Waals surface area contributed by atoms with E-state index in [1.807, 2.05) is 23.3 Å². The van der Waals surface area contributed by atoms with Crippen molar-refractivity contribution in [3.63, 3.8) is 0 Å². The summed E-state index contributed by atoms with van der Waals surface area (Å²) < 4.78 is 9.80. The Hall–Kier alpha value is -2.26. The van der Waals surface area contributed by atoms with Crippen LogP contribution in [-0.4, -0.2) is 28.5 Å². The highest BCUT2D eigenvalue weighted by atomic mass is 79.9. The molecule has 1 N–H and O–H groups in total. The smallest absolute Gasteiger partial charge is 0.180 e. The summed E-state index contributed by atoms with van der Waals surface area (Å²) in [7, 11) is 0. The molecule has 30 heavy (non-hydrogen) atoms. The highest BCUT2D eigenvalue weighted by molar-refractivity contribution is 9.10. The van der Waals surface area contributed by atoms with Gasteiger partial charge in [-0.25, -0.2) is 9.97 Å². The van der Waals surface area contributed by atoms with Gasteiger partial charge in [0.05, 0.1) is 28.3 Å². The molecule has 1 aliphatic rings. The van der Waals surface area contributed by atoms with E-state index >= 15 is 0 Å². The number of aryl methyl sites for hydroxylation is 1. The summed E-state index contributed by atoms with van der Waals surface area (Å²) in [4.78, 5) is 9.18. The van der Waals surface area contributed by atoms with Gasteiger partial charge in [0.2, 0.25) is 0 Å². The van der Waals surface area contributed by atoms with Gasteiger partial charge in [0.1, 0.15) is 5.00 Å². The van der Waals surface area contributed by atoms with Gasteiger partial charge in [0.15, 0.2) is 11.5 Å². The van der Waals surface area contributed by atoms with Gasteiger partial charge in [-0.3, -0.25) is 9.08 Å². The quantitative estimate of drug-likeness (QED) is 0.354. The lowest BCUT2D eigenvalue weighted by Crippen LogP contribution is -2.21. The second-order valence-corrected chi connectivity index (χ2v) is 9.45. The molecule has 0 unspecified atom stereocenters. The lowest BCUT2D eigenvalue weighted by Gasteiger charge is -2.33. The number of anilines is 2. The minimum Gasteiger partial charge on any atom is -0.327 e. The Balaban J connectivity index is 1.42. The van der Waals surface area contributed by atoms with Crippen LogP contribution in [0.3, 0.4) is 0 Å². The van der Waals surface area contributed by atoms with Crippen LogP contribution in [-0.2, 0) is 6.54 Å². The van der Waals surface area contributed by atoms with E-state index in [0.717, 1.165) is 51.1 Å². The van der Waals surface area contributed by atoms with E-state index in [4.69, 9.17) is 4.37 Å². The topological polar surface area (TPSA) is 72.9 Å². The number of nitrogens with zero attached hydrogens (tertiary/aromatic N) is 6. The second-order valence-electron chi connectivity index (χ2n) is 7.88. The predicted molar refractivity (Wildman–Crippen MR) is 123 cm³/mol. The number of hydrogen-bond acceptors (Lipinski definition) is 6. The molecule has 4 heterocycles. The van der Waals surface area contributed by atoms with Gasteiger partial charge >= 0.3 is 0 Å². The Morgan fingerprint density at radius 2 is 2.10 bits per heavy atom. The fourth-order valence-electron chi connectivity index (χ4n) is 4.09. The molecule has 4 aromatic rings. The minimum absolute atomic E-state index is 0.567. The third-order valence-corrected chi connectivity index (χ3v) is 7.74. The molecular formula is C21H24BrN7S. The lowest BCUT2D eigenvalue weighted by molar-refractivity contribution is 0.252. The first-order chi connectivity index (χ1) is 14.7. The zero-order valence-electron chi connectivity index (χ0n) is 17.0. The normalized spacial score (nSPS) is 18.6. The zero-order chi connectivity index (χ0) is 20.7. The number of fused-ring (bicyclic) bond motifs is 1. The molecule has 1 fully saturated rings. The summed E-state index contributed by atoms with van der Waals surface area (Å²) >= 11 is 5.25. The fraction of sp³-hybridized carbons (Fsp3) is 0.429. The summed E-state index contributed by atoms with van der Waals surface area (Å²) in [6.07, 6.45) is 14.4. The first-order valence-electron chi connectivity index (χ1n) is 10.4. The van der Waals surface area contributed by atoms with Crippen molar-refractivity contribution in [3.05, 3.63) is 41.2 Å². The van der Waals surface area contributed by atoms with Gasteiger partial charge in [-0.05, 0) is 52.6 Å². The molecule has 5 rings (SSSR count). The molecule has 0 spiro atoms. The first-order valence-corrected chi connectivity index (χ1v) is 12.0. The molecule has 0 aromatic carbocycles. The number of halogens is 1. The monoisotopic (exact) mass is 485 g/mol. The molecule has 1 aliphatic carbocycles. The first kappa shape index (κ1) is 19.7. The molecule has 156 valence electrons. The Kier molecular flexibility index (Phi) is 5.32. The van der Waals surface area contributed by atoms with Gasteiger partial charge in [0, 0.05) is 36.6 Å². The van der Waals surface area contributed by atoms with E-state index in [1.165, 1.54) is 36.5 Å². The van der Waals surface area contributed by atoms with Crippen molar-refractivity contribution in [1.29, 1.82) is 0 Å². The summed E-state index contributed by atoms with van der Waals surface area (Å²) in [5.41, 5.74) is 4.01. The van der Waals surface area contributed by atoms with Gasteiger partial charge in [-0.2, -0.15) is 9.47 Å². The van der Waals surface area contributed by atoms with Crippen LogP contribution in [0.1, 0.15) is 51.1 Å². The molecule has 7 nitrogen and oxygen atoms in total. The van der Waals surface area contributed by atoms with E-state index < -0.39 is 0 Å². The number of hydrogen-bond donors (Lipinski definition) is 1. The fourth-order valence-corrected chi connectivity index (χ4v) is 5.69. The van der Waals surface area contributed by atoms with Crippen LogP contribution in [0.5, 0.6) is 0 Å². The van der Waals surface area contributed by atoms with Crippen LogP contribution in [0.4, 0.5) is 10.8 Å². The van der Waals surface area contributed by atoms with E-state index in [9.17, 15) is 0 Å². The van der Waals surface area contributed by atoms with E-state index in [2.05, 4.69) is 60.8 Å². The van der Waals surface area contributed by atoms with Crippen LogP contribution in [0.25, 0.3) is 16.9 Å². The number of nitrogens with one attached hydrogen (secondary N) is 1. The Morgan fingerprint density at radius 1 is 1.23 bits per heavy atom. The number of imidazole rings is 1. The Labute approximate surface area is 187 Å².